The Morgan fingerprint density at radius 3 is 1.78 bits per heavy atom. The predicted molar refractivity (Wildman–Crippen MR) is 99.6 cm³/mol. The van der Waals surface area contributed by atoms with Gasteiger partial charge in [0.25, 0.3) is 0 Å². The lowest BCUT2D eigenvalue weighted by Gasteiger charge is -2.52. The van der Waals surface area contributed by atoms with Crippen LogP contribution in [-0.4, -0.2) is 64.3 Å². The van der Waals surface area contributed by atoms with Gasteiger partial charge in [-0.2, -0.15) is 0 Å². The van der Waals surface area contributed by atoms with Gasteiger partial charge in [0, 0.05) is 22.7 Å². The van der Waals surface area contributed by atoms with Crippen LogP contribution in [-0.2, 0) is 0 Å². The second-order valence-corrected chi connectivity index (χ2v) is 9.56. The first-order valence-corrected chi connectivity index (χ1v) is 9.10. The van der Waals surface area contributed by atoms with Crippen LogP contribution in [0, 0.1) is 5.92 Å². The molecule has 2 heterocycles. The molecule has 2 fully saturated rings. The normalized spacial score (nSPS) is 34.6. The maximum absolute atomic E-state index is 9.67. The van der Waals surface area contributed by atoms with Gasteiger partial charge in [0.15, 0.2) is 0 Å². The largest absolute Gasteiger partial charge is 0.393 e. The fourth-order valence-corrected chi connectivity index (χ4v) is 4.07. The molecular formula is C19H41N3O. The third-order valence-electron chi connectivity index (χ3n) is 6.82. The van der Waals surface area contributed by atoms with E-state index < -0.39 is 0 Å². The molecule has 3 N–H and O–H groups in total. The van der Waals surface area contributed by atoms with E-state index in [-0.39, 0.29) is 22.7 Å². The Hall–Kier alpha value is -0.160. The molecule has 0 aromatic carbocycles. The number of rotatable bonds is 0. The molecule has 2 saturated heterocycles. The highest BCUT2D eigenvalue weighted by Gasteiger charge is 2.42. The zero-order chi connectivity index (χ0) is 18.2. The number of hydrogen-bond acceptors (Lipinski definition) is 4. The Kier molecular flexibility index (Phi) is 6.35. The molecule has 4 heteroatoms. The molecule has 0 saturated carbocycles. The van der Waals surface area contributed by atoms with Crippen LogP contribution >= 0.6 is 0 Å². The summed E-state index contributed by atoms with van der Waals surface area (Å²) in [4.78, 5) is 4.77. The van der Waals surface area contributed by atoms with Crippen molar-refractivity contribution in [2.75, 3.05) is 20.6 Å². The van der Waals surface area contributed by atoms with Crippen LogP contribution < -0.4 is 5.73 Å². The molecule has 138 valence electrons. The van der Waals surface area contributed by atoms with E-state index in [0.29, 0.717) is 12.0 Å². The van der Waals surface area contributed by atoms with Crippen LogP contribution in [0.5, 0.6) is 0 Å². The van der Waals surface area contributed by atoms with Gasteiger partial charge in [0.1, 0.15) is 0 Å². The van der Waals surface area contributed by atoms with Crippen molar-refractivity contribution in [3.05, 3.63) is 0 Å². The van der Waals surface area contributed by atoms with Crippen molar-refractivity contribution in [3.63, 3.8) is 0 Å². The smallest absolute Gasteiger partial charge is 0.0575 e. The quantitative estimate of drug-likeness (QED) is 0.718. The fraction of sp³-hybridized carbons (Fsp3) is 1.00. The number of aliphatic hydroxyl groups is 1. The van der Waals surface area contributed by atoms with E-state index >= 15 is 0 Å². The summed E-state index contributed by atoms with van der Waals surface area (Å²) in [5.74, 6) is 0.598. The van der Waals surface area contributed by atoms with Gasteiger partial charge in [-0.15, -0.1) is 0 Å². The molecule has 0 radical (unpaired) electrons. The first kappa shape index (κ1) is 20.9. The molecule has 0 aliphatic carbocycles. The molecule has 0 aromatic rings. The molecule has 2 aliphatic heterocycles. The van der Waals surface area contributed by atoms with Crippen molar-refractivity contribution in [3.8, 4) is 0 Å². The maximum Gasteiger partial charge on any atom is 0.0575 e. The van der Waals surface area contributed by atoms with Gasteiger partial charge < -0.3 is 15.7 Å². The first-order valence-electron chi connectivity index (χ1n) is 9.10. The average Bonchev–Trinajstić information content (AvgIpc) is 2.38. The van der Waals surface area contributed by atoms with Crippen molar-refractivity contribution in [2.45, 2.75) is 96.5 Å². The summed E-state index contributed by atoms with van der Waals surface area (Å²) in [5, 5.41) is 9.67. The molecule has 0 amide bonds. The van der Waals surface area contributed by atoms with E-state index in [2.05, 4.69) is 72.4 Å². The molecule has 2 unspecified atom stereocenters. The minimum atomic E-state index is -0.133. The van der Waals surface area contributed by atoms with Gasteiger partial charge >= 0.3 is 0 Å². The number of nitrogens with two attached hydrogens (primary N) is 1. The molecular weight excluding hydrogens is 286 g/mol. The van der Waals surface area contributed by atoms with Crippen LogP contribution in [0.15, 0.2) is 0 Å². The zero-order valence-electron chi connectivity index (χ0n) is 17.0. The maximum atomic E-state index is 9.67. The average molecular weight is 328 g/mol. The monoisotopic (exact) mass is 327 g/mol. The lowest BCUT2D eigenvalue weighted by molar-refractivity contribution is -0.0641. The third-order valence-corrected chi connectivity index (χ3v) is 6.82. The number of piperidine rings is 2. The molecule has 0 bridgehead atoms. The van der Waals surface area contributed by atoms with E-state index in [1.165, 1.54) is 0 Å². The molecule has 0 spiro atoms. The van der Waals surface area contributed by atoms with Crippen molar-refractivity contribution >= 4 is 0 Å². The minimum Gasteiger partial charge on any atom is -0.393 e. The summed E-state index contributed by atoms with van der Waals surface area (Å²) < 4.78 is 0. The van der Waals surface area contributed by atoms with Crippen molar-refractivity contribution in [1.29, 1.82) is 0 Å². The molecule has 2 atom stereocenters. The van der Waals surface area contributed by atoms with Crippen LogP contribution in [0.3, 0.4) is 0 Å². The van der Waals surface area contributed by atoms with E-state index in [4.69, 9.17) is 5.73 Å². The Balaban J connectivity index is 0.000000231. The van der Waals surface area contributed by atoms with Gasteiger partial charge in [-0.05, 0) is 87.4 Å². The van der Waals surface area contributed by atoms with Crippen molar-refractivity contribution in [1.82, 2.24) is 9.80 Å². The summed E-state index contributed by atoms with van der Waals surface area (Å²) in [5.41, 5.74) is 6.52. The predicted octanol–water partition coefficient (Wildman–Crippen LogP) is 2.69. The van der Waals surface area contributed by atoms with Crippen LogP contribution in [0.25, 0.3) is 0 Å². The van der Waals surface area contributed by atoms with Gasteiger partial charge in [-0.25, -0.2) is 0 Å². The Morgan fingerprint density at radius 1 is 0.957 bits per heavy atom. The van der Waals surface area contributed by atoms with Gasteiger partial charge in [0.2, 0.25) is 0 Å². The second-order valence-electron chi connectivity index (χ2n) is 9.56. The fourth-order valence-electron chi connectivity index (χ4n) is 4.07. The van der Waals surface area contributed by atoms with Crippen molar-refractivity contribution < 1.29 is 5.11 Å². The summed E-state index contributed by atoms with van der Waals surface area (Å²) >= 11 is 0. The lowest BCUT2D eigenvalue weighted by Crippen LogP contribution is -2.59. The van der Waals surface area contributed by atoms with E-state index in [0.717, 1.165) is 25.8 Å². The number of aliphatic hydroxyl groups excluding tert-OH is 1. The lowest BCUT2D eigenvalue weighted by atomic mass is 9.78. The van der Waals surface area contributed by atoms with Crippen LogP contribution in [0.1, 0.15) is 67.7 Å². The standard InChI is InChI=1S/C10H21NO.C9H20N2/c1-9(2)6-8(12)7-10(3,4)11(9)5;1-7-8(10)5-6-11(4)9(7,2)3/h8,12H,6-7H2,1-5H3;7-8H,5-6,10H2,1-4H3. The van der Waals surface area contributed by atoms with E-state index in [1.54, 1.807) is 0 Å². The zero-order valence-corrected chi connectivity index (χ0v) is 17.0. The second kappa shape index (κ2) is 6.99. The van der Waals surface area contributed by atoms with Gasteiger partial charge in [-0.1, -0.05) is 6.92 Å². The number of likely N-dealkylation sites (tertiary alicyclic amines) is 2. The SMILES string of the molecule is CC1C(N)CCN(C)C1(C)C.CN1C(C)(C)CC(O)CC1(C)C. The summed E-state index contributed by atoms with van der Waals surface area (Å²) in [6, 6.07) is 0.390. The Labute approximate surface area is 144 Å². The van der Waals surface area contributed by atoms with E-state index in [9.17, 15) is 5.11 Å². The molecule has 23 heavy (non-hydrogen) atoms. The van der Waals surface area contributed by atoms with Gasteiger partial charge in [0.05, 0.1) is 6.10 Å². The third kappa shape index (κ3) is 4.68. The topological polar surface area (TPSA) is 52.7 Å². The highest BCUT2D eigenvalue weighted by atomic mass is 16.3. The highest BCUT2D eigenvalue weighted by molar-refractivity contribution is 4.98. The number of nitrogens with zero attached hydrogens (tertiary/aromatic N) is 2. The summed E-state index contributed by atoms with van der Waals surface area (Å²) in [6.07, 6.45) is 2.77. The minimum absolute atomic E-state index is 0.126. The Bertz CT molecular complexity index is 374. The van der Waals surface area contributed by atoms with Crippen molar-refractivity contribution in [2.24, 2.45) is 11.7 Å². The van der Waals surface area contributed by atoms with Crippen LogP contribution in [0.4, 0.5) is 0 Å². The highest BCUT2D eigenvalue weighted by Crippen LogP contribution is 2.36. The molecule has 2 rings (SSSR count). The van der Waals surface area contributed by atoms with Crippen LogP contribution in [0.2, 0.25) is 0 Å². The summed E-state index contributed by atoms with van der Waals surface area (Å²) in [6.45, 7) is 16.7. The number of hydrogen-bond donors (Lipinski definition) is 2. The molecule has 4 nitrogen and oxygen atoms in total. The Morgan fingerprint density at radius 2 is 1.39 bits per heavy atom. The first-order chi connectivity index (χ1) is 10.2. The van der Waals surface area contributed by atoms with E-state index in [1.807, 2.05) is 0 Å². The molecule has 2 aliphatic rings. The van der Waals surface area contributed by atoms with Gasteiger partial charge in [-0.3, -0.25) is 4.90 Å². The molecule has 0 aromatic heterocycles. The summed E-state index contributed by atoms with van der Waals surface area (Å²) in [7, 11) is 4.33.